The van der Waals surface area contributed by atoms with Crippen LogP contribution >= 0.6 is 0 Å². The van der Waals surface area contributed by atoms with Gasteiger partial charge in [-0.3, -0.25) is 9.69 Å². The van der Waals surface area contributed by atoms with E-state index in [-0.39, 0.29) is 11.7 Å². The van der Waals surface area contributed by atoms with Gasteiger partial charge in [-0.05, 0) is 39.2 Å². The van der Waals surface area contributed by atoms with Crippen molar-refractivity contribution in [3.05, 3.63) is 35.7 Å². The topological polar surface area (TPSA) is 99.9 Å². The largest absolute Gasteiger partial charge is 0.339 e. The molecular weight excluding hydrogens is 454 g/mol. The molecule has 1 unspecified atom stereocenters. The Morgan fingerprint density at radius 3 is 2.56 bits per heavy atom. The summed E-state index contributed by atoms with van der Waals surface area (Å²) in [6, 6.07) is 7.53. The van der Waals surface area contributed by atoms with Gasteiger partial charge in [0, 0.05) is 44.7 Å². The van der Waals surface area contributed by atoms with E-state index in [4.69, 9.17) is 4.52 Å². The first-order valence-corrected chi connectivity index (χ1v) is 13.9. The van der Waals surface area contributed by atoms with Crippen molar-refractivity contribution >= 4 is 15.9 Å². The number of amides is 1. The molecule has 2 saturated heterocycles. The van der Waals surface area contributed by atoms with Crippen molar-refractivity contribution < 1.29 is 17.7 Å². The van der Waals surface area contributed by atoms with Crippen molar-refractivity contribution in [3.63, 3.8) is 0 Å². The smallest absolute Gasteiger partial charge is 0.241 e. The number of aryl methyl sites for hydroxylation is 2. The van der Waals surface area contributed by atoms with Crippen LogP contribution in [0, 0.1) is 6.92 Å². The van der Waals surface area contributed by atoms with Gasteiger partial charge in [0.15, 0.2) is 0 Å². The Balaban J connectivity index is 1.22. The predicted molar refractivity (Wildman–Crippen MR) is 130 cm³/mol. The molecule has 2 fully saturated rings. The average Bonchev–Trinajstić information content (AvgIpc) is 3.50. The molecule has 0 aliphatic carbocycles. The van der Waals surface area contributed by atoms with Gasteiger partial charge >= 0.3 is 0 Å². The Bertz CT molecular complexity index is 1060. The molecule has 1 aromatic carbocycles. The summed E-state index contributed by atoms with van der Waals surface area (Å²) in [4.78, 5) is 21.8. The Labute approximate surface area is 202 Å². The quantitative estimate of drug-likeness (QED) is 0.533. The second-order valence-electron chi connectivity index (χ2n) is 9.23. The van der Waals surface area contributed by atoms with Gasteiger partial charge < -0.3 is 9.42 Å². The number of carbonyl (C=O) groups excluding carboxylic acids is 1. The van der Waals surface area contributed by atoms with E-state index >= 15 is 0 Å². The van der Waals surface area contributed by atoms with Crippen LogP contribution in [0.3, 0.4) is 0 Å². The van der Waals surface area contributed by atoms with Crippen LogP contribution in [0.15, 0.2) is 28.8 Å². The summed E-state index contributed by atoms with van der Waals surface area (Å²) in [5.74, 6) is 1.33. The van der Waals surface area contributed by atoms with Crippen molar-refractivity contribution in [3.8, 4) is 11.4 Å². The zero-order chi connectivity index (χ0) is 24.1. The fourth-order valence-electron chi connectivity index (χ4n) is 4.73. The lowest BCUT2D eigenvalue weighted by atomic mass is 10.1. The van der Waals surface area contributed by atoms with E-state index in [0.29, 0.717) is 50.6 Å². The van der Waals surface area contributed by atoms with E-state index in [1.807, 2.05) is 43.0 Å². The highest BCUT2D eigenvalue weighted by Gasteiger charge is 2.40. The number of carbonyl (C=O) groups is 1. The molecule has 0 bridgehead atoms. The molecule has 10 heteroatoms. The van der Waals surface area contributed by atoms with Crippen LogP contribution in [-0.2, 0) is 21.2 Å². The van der Waals surface area contributed by atoms with Crippen molar-refractivity contribution in [2.24, 2.45) is 0 Å². The second kappa shape index (κ2) is 11.0. The minimum atomic E-state index is -3.35. The fraction of sp³-hybridized carbons (Fsp3) is 0.625. The highest BCUT2D eigenvalue weighted by Crippen LogP contribution is 2.24. The SMILES string of the molecule is CCCS(=O)(=O)N1CCCC1C(=O)N1CCN(CCCc2nc(-c3ccc(C)cc3)no2)CC1. The van der Waals surface area contributed by atoms with Gasteiger partial charge in [-0.2, -0.15) is 9.29 Å². The highest BCUT2D eigenvalue weighted by atomic mass is 32.2. The maximum atomic E-state index is 13.1. The maximum Gasteiger partial charge on any atom is 0.241 e. The van der Waals surface area contributed by atoms with Crippen molar-refractivity contribution in [2.45, 2.75) is 52.0 Å². The van der Waals surface area contributed by atoms with Crippen LogP contribution in [0.2, 0.25) is 0 Å². The van der Waals surface area contributed by atoms with Crippen LogP contribution in [-0.4, -0.2) is 89.6 Å². The Hall–Kier alpha value is -2.30. The third kappa shape index (κ3) is 5.84. The maximum absolute atomic E-state index is 13.1. The van der Waals surface area contributed by atoms with E-state index in [2.05, 4.69) is 15.0 Å². The van der Waals surface area contributed by atoms with Gasteiger partial charge in [0.05, 0.1) is 5.75 Å². The number of hydrogen-bond donors (Lipinski definition) is 0. The van der Waals surface area contributed by atoms with Gasteiger partial charge in [-0.25, -0.2) is 8.42 Å². The van der Waals surface area contributed by atoms with Crippen molar-refractivity contribution in [1.29, 1.82) is 0 Å². The summed E-state index contributed by atoms with van der Waals surface area (Å²) in [6.07, 6.45) is 3.55. The van der Waals surface area contributed by atoms with Crippen LogP contribution in [0.4, 0.5) is 0 Å². The molecule has 0 radical (unpaired) electrons. The van der Waals surface area contributed by atoms with Gasteiger partial charge in [-0.1, -0.05) is 41.9 Å². The third-order valence-electron chi connectivity index (χ3n) is 6.63. The van der Waals surface area contributed by atoms with E-state index in [1.165, 1.54) is 9.87 Å². The van der Waals surface area contributed by atoms with Crippen LogP contribution in [0.5, 0.6) is 0 Å². The lowest BCUT2D eigenvalue weighted by Gasteiger charge is -2.37. The minimum Gasteiger partial charge on any atom is -0.339 e. The molecule has 1 amide bonds. The molecule has 34 heavy (non-hydrogen) atoms. The molecule has 9 nitrogen and oxygen atoms in total. The lowest BCUT2D eigenvalue weighted by molar-refractivity contribution is -0.136. The van der Waals surface area contributed by atoms with E-state index < -0.39 is 16.1 Å². The zero-order valence-corrected chi connectivity index (χ0v) is 21.0. The minimum absolute atomic E-state index is 0.0358. The summed E-state index contributed by atoms with van der Waals surface area (Å²) < 4.78 is 31.9. The molecule has 4 rings (SSSR count). The number of aromatic nitrogens is 2. The predicted octanol–water partition coefficient (Wildman–Crippen LogP) is 2.33. The van der Waals surface area contributed by atoms with E-state index in [0.717, 1.165) is 38.0 Å². The molecule has 1 aromatic heterocycles. The number of rotatable bonds is 9. The van der Waals surface area contributed by atoms with Crippen LogP contribution in [0.25, 0.3) is 11.4 Å². The number of benzene rings is 1. The summed E-state index contributed by atoms with van der Waals surface area (Å²) in [5.41, 5.74) is 2.14. The summed E-state index contributed by atoms with van der Waals surface area (Å²) in [6.45, 7) is 8.10. The molecule has 1 atom stereocenters. The molecule has 3 heterocycles. The monoisotopic (exact) mass is 489 g/mol. The molecule has 0 N–H and O–H groups in total. The molecule has 0 spiro atoms. The van der Waals surface area contributed by atoms with Crippen molar-refractivity contribution in [2.75, 3.05) is 45.0 Å². The lowest BCUT2D eigenvalue weighted by Crippen LogP contribution is -2.54. The molecule has 0 saturated carbocycles. The Morgan fingerprint density at radius 1 is 1.12 bits per heavy atom. The van der Waals surface area contributed by atoms with E-state index in [1.54, 1.807) is 0 Å². The Kier molecular flexibility index (Phi) is 8.00. The normalized spacial score (nSPS) is 20.2. The third-order valence-corrected chi connectivity index (χ3v) is 8.71. The highest BCUT2D eigenvalue weighted by molar-refractivity contribution is 7.89. The zero-order valence-electron chi connectivity index (χ0n) is 20.1. The van der Waals surface area contributed by atoms with Gasteiger partial charge in [-0.15, -0.1) is 0 Å². The standard InChI is InChI=1S/C24H35N5O4S/c1-3-18-34(31,32)29-13-4-6-21(29)24(30)28-16-14-27(15-17-28)12-5-7-22-25-23(26-33-22)20-10-8-19(2)9-11-20/h8-11,21H,3-7,12-18H2,1-2H3. The number of nitrogens with zero attached hydrogens (tertiary/aromatic N) is 5. The van der Waals surface area contributed by atoms with Crippen LogP contribution in [0.1, 0.15) is 44.1 Å². The number of piperazine rings is 1. The molecule has 2 aliphatic heterocycles. The first-order valence-electron chi connectivity index (χ1n) is 12.3. The molecular formula is C24H35N5O4S. The summed E-state index contributed by atoms with van der Waals surface area (Å²) in [5, 5.41) is 4.09. The molecule has 2 aromatic rings. The second-order valence-corrected chi connectivity index (χ2v) is 11.3. The first kappa shape index (κ1) is 24.8. The average molecular weight is 490 g/mol. The fourth-order valence-corrected chi connectivity index (χ4v) is 6.47. The van der Waals surface area contributed by atoms with Crippen molar-refractivity contribution in [1.82, 2.24) is 24.2 Å². The summed E-state index contributed by atoms with van der Waals surface area (Å²) >= 11 is 0. The first-order chi connectivity index (χ1) is 16.4. The number of hydrogen-bond acceptors (Lipinski definition) is 7. The number of sulfonamides is 1. The summed E-state index contributed by atoms with van der Waals surface area (Å²) in [7, 11) is -3.35. The van der Waals surface area contributed by atoms with E-state index in [9.17, 15) is 13.2 Å². The van der Waals surface area contributed by atoms with Gasteiger partial charge in [0.1, 0.15) is 6.04 Å². The molecule has 2 aliphatic rings. The molecule has 186 valence electrons. The van der Waals surface area contributed by atoms with Gasteiger partial charge in [0.2, 0.25) is 27.6 Å². The van der Waals surface area contributed by atoms with Crippen LogP contribution < -0.4 is 0 Å². The van der Waals surface area contributed by atoms with Gasteiger partial charge in [0.25, 0.3) is 0 Å². The Morgan fingerprint density at radius 2 is 1.85 bits per heavy atom.